The summed E-state index contributed by atoms with van der Waals surface area (Å²) in [5.74, 6) is 0. The van der Waals surface area contributed by atoms with Crippen LogP contribution in [0.25, 0.3) is 11.1 Å². The van der Waals surface area contributed by atoms with E-state index < -0.39 is 0 Å². The Bertz CT molecular complexity index is 784. The summed E-state index contributed by atoms with van der Waals surface area (Å²) in [5.41, 5.74) is 4.34. The molecule has 0 radical (unpaired) electrons. The highest BCUT2D eigenvalue weighted by molar-refractivity contribution is 5.82. The van der Waals surface area contributed by atoms with Gasteiger partial charge in [0, 0.05) is 32.2 Å². The quantitative estimate of drug-likeness (QED) is 0.874. The molecular formula is C22H26N2O3. The van der Waals surface area contributed by atoms with Crippen molar-refractivity contribution in [2.45, 2.75) is 18.9 Å². The molecule has 0 atom stereocenters. The third-order valence-electron chi connectivity index (χ3n) is 5.91. The van der Waals surface area contributed by atoms with Crippen molar-refractivity contribution in [2.75, 3.05) is 33.4 Å². The highest BCUT2D eigenvalue weighted by Gasteiger charge is 2.35. The molecule has 0 unspecified atom stereocenters. The number of aliphatic hydroxyl groups is 1. The predicted octanol–water partition coefficient (Wildman–Crippen LogP) is 3.19. The number of nitrogens with zero attached hydrogens (tertiary/aromatic N) is 1. The van der Waals surface area contributed by atoms with Gasteiger partial charge in [0.1, 0.15) is 0 Å². The molecule has 142 valence electrons. The van der Waals surface area contributed by atoms with Crippen LogP contribution in [0.3, 0.4) is 0 Å². The number of rotatable bonds is 4. The lowest BCUT2D eigenvalue weighted by Crippen LogP contribution is -2.48. The van der Waals surface area contributed by atoms with E-state index in [-0.39, 0.29) is 24.1 Å². The Morgan fingerprint density at radius 1 is 1.11 bits per heavy atom. The summed E-state index contributed by atoms with van der Waals surface area (Å²) in [4.78, 5) is 14.7. The normalized spacial score (nSPS) is 17.9. The minimum Gasteiger partial charge on any atom is -0.396 e. The van der Waals surface area contributed by atoms with Gasteiger partial charge in [-0.05, 0) is 35.1 Å². The van der Waals surface area contributed by atoms with E-state index in [9.17, 15) is 9.90 Å². The van der Waals surface area contributed by atoms with Crippen molar-refractivity contribution >= 4 is 6.03 Å². The zero-order valence-corrected chi connectivity index (χ0v) is 15.6. The molecule has 2 N–H and O–H groups in total. The van der Waals surface area contributed by atoms with Crippen LogP contribution in [-0.4, -0.2) is 49.5 Å². The van der Waals surface area contributed by atoms with Crippen molar-refractivity contribution in [3.05, 3.63) is 59.7 Å². The van der Waals surface area contributed by atoms with Crippen LogP contribution in [0.15, 0.2) is 48.5 Å². The first-order chi connectivity index (χ1) is 13.1. The predicted molar refractivity (Wildman–Crippen MR) is 104 cm³/mol. The Balaban J connectivity index is 1.52. The number of aliphatic hydroxyl groups excluding tert-OH is 1. The molecule has 0 saturated carbocycles. The van der Waals surface area contributed by atoms with Gasteiger partial charge in [0.15, 0.2) is 0 Å². The van der Waals surface area contributed by atoms with E-state index in [1.807, 2.05) is 24.3 Å². The van der Waals surface area contributed by atoms with Crippen LogP contribution in [0.5, 0.6) is 0 Å². The largest absolute Gasteiger partial charge is 0.396 e. The van der Waals surface area contributed by atoms with E-state index in [0.29, 0.717) is 19.8 Å². The van der Waals surface area contributed by atoms with Crippen molar-refractivity contribution in [1.82, 2.24) is 10.2 Å². The van der Waals surface area contributed by atoms with Crippen LogP contribution in [0.2, 0.25) is 0 Å². The zero-order chi connectivity index (χ0) is 18.9. The Morgan fingerprint density at radius 3 is 2.22 bits per heavy atom. The number of carbonyl (C=O) groups excluding carboxylic acids is 1. The molecular weight excluding hydrogens is 340 g/mol. The third-order valence-corrected chi connectivity index (χ3v) is 5.91. The Hall–Kier alpha value is -2.37. The summed E-state index contributed by atoms with van der Waals surface area (Å²) in [6.07, 6.45) is 1.55. The molecule has 0 spiro atoms. The van der Waals surface area contributed by atoms with E-state index in [2.05, 4.69) is 29.6 Å². The highest BCUT2D eigenvalue weighted by atomic mass is 16.5. The molecule has 1 saturated heterocycles. The Labute approximate surface area is 160 Å². The number of ether oxygens (including phenoxy) is 1. The van der Waals surface area contributed by atoms with Gasteiger partial charge in [0.2, 0.25) is 0 Å². The van der Waals surface area contributed by atoms with Gasteiger partial charge in [0.05, 0.1) is 12.6 Å². The molecule has 2 aromatic rings. The number of benzene rings is 2. The van der Waals surface area contributed by atoms with Gasteiger partial charge >= 0.3 is 6.03 Å². The molecule has 1 heterocycles. The molecule has 1 aliphatic heterocycles. The van der Waals surface area contributed by atoms with Crippen LogP contribution in [-0.2, 0) is 4.74 Å². The van der Waals surface area contributed by atoms with E-state index in [1.54, 1.807) is 11.9 Å². The fourth-order valence-electron chi connectivity index (χ4n) is 4.29. The van der Waals surface area contributed by atoms with Crippen LogP contribution in [0.4, 0.5) is 4.79 Å². The monoisotopic (exact) mass is 366 g/mol. The summed E-state index contributed by atoms with van der Waals surface area (Å²) < 4.78 is 5.42. The number of hydrogen-bond acceptors (Lipinski definition) is 3. The van der Waals surface area contributed by atoms with Crippen molar-refractivity contribution in [3.63, 3.8) is 0 Å². The summed E-state index contributed by atoms with van der Waals surface area (Å²) >= 11 is 0. The van der Waals surface area contributed by atoms with Crippen molar-refractivity contribution in [2.24, 2.45) is 5.41 Å². The van der Waals surface area contributed by atoms with Gasteiger partial charge in [-0.15, -0.1) is 0 Å². The van der Waals surface area contributed by atoms with Crippen molar-refractivity contribution < 1.29 is 14.6 Å². The molecule has 27 heavy (non-hydrogen) atoms. The van der Waals surface area contributed by atoms with Crippen molar-refractivity contribution in [3.8, 4) is 11.1 Å². The van der Waals surface area contributed by atoms with Gasteiger partial charge in [-0.25, -0.2) is 4.79 Å². The molecule has 2 aromatic carbocycles. The summed E-state index contributed by atoms with van der Waals surface area (Å²) in [6.45, 7) is 1.87. The lowest BCUT2D eigenvalue weighted by Gasteiger charge is -2.38. The molecule has 5 heteroatoms. The second kappa shape index (κ2) is 7.33. The fraction of sp³-hybridized carbons (Fsp3) is 0.409. The van der Waals surface area contributed by atoms with E-state index in [0.717, 1.165) is 24.0 Å². The van der Waals surface area contributed by atoms with Crippen LogP contribution >= 0.6 is 0 Å². The number of fused-ring (bicyclic) bond motifs is 3. The Kier molecular flexibility index (Phi) is 4.89. The third kappa shape index (κ3) is 3.33. The fourth-order valence-corrected chi connectivity index (χ4v) is 4.29. The van der Waals surface area contributed by atoms with E-state index >= 15 is 0 Å². The molecule has 4 rings (SSSR count). The van der Waals surface area contributed by atoms with E-state index in [1.165, 1.54) is 11.1 Å². The summed E-state index contributed by atoms with van der Waals surface area (Å²) in [5, 5.41) is 13.1. The first-order valence-electron chi connectivity index (χ1n) is 9.52. The summed E-state index contributed by atoms with van der Waals surface area (Å²) in [6, 6.07) is 16.2. The standard InChI is InChI=1S/C22H26N2O3/c1-24(14-22(15-25)10-12-27-13-11-22)21(26)23-20-18-8-4-2-6-16(18)17-7-3-5-9-19(17)20/h2-9,20,25H,10-15H2,1H3,(H,23,26). The van der Waals surface area contributed by atoms with Crippen LogP contribution in [0, 0.1) is 5.41 Å². The summed E-state index contributed by atoms with van der Waals surface area (Å²) in [7, 11) is 1.80. The zero-order valence-electron chi connectivity index (χ0n) is 15.6. The number of nitrogens with one attached hydrogen (secondary N) is 1. The number of urea groups is 1. The molecule has 1 fully saturated rings. The maximum absolute atomic E-state index is 13.0. The number of hydrogen-bond donors (Lipinski definition) is 2. The van der Waals surface area contributed by atoms with Gasteiger partial charge < -0.3 is 20.1 Å². The lowest BCUT2D eigenvalue weighted by atomic mass is 9.80. The minimum absolute atomic E-state index is 0.0725. The van der Waals surface area contributed by atoms with Crippen LogP contribution < -0.4 is 5.32 Å². The van der Waals surface area contributed by atoms with Gasteiger partial charge in [-0.3, -0.25) is 0 Å². The minimum atomic E-state index is -0.268. The van der Waals surface area contributed by atoms with E-state index in [4.69, 9.17) is 4.74 Å². The highest BCUT2D eigenvalue weighted by Crippen LogP contribution is 2.43. The SMILES string of the molecule is CN(CC1(CO)CCOCC1)C(=O)NC1c2ccccc2-c2ccccc21. The molecule has 1 aliphatic carbocycles. The maximum Gasteiger partial charge on any atom is 0.317 e. The van der Waals surface area contributed by atoms with Gasteiger partial charge in [-0.2, -0.15) is 0 Å². The first-order valence-corrected chi connectivity index (χ1v) is 9.52. The topological polar surface area (TPSA) is 61.8 Å². The number of carbonyl (C=O) groups is 1. The Morgan fingerprint density at radius 2 is 1.67 bits per heavy atom. The average molecular weight is 366 g/mol. The maximum atomic E-state index is 13.0. The lowest BCUT2D eigenvalue weighted by molar-refractivity contribution is -0.0261. The average Bonchev–Trinajstić information content (AvgIpc) is 3.03. The van der Waals surface area contributed by atoms with Crippen LogP contribution in [0.1, 0.15) is 30.0 Å². The second-order valence-corrected chi connectivity index (χ2v) is 7.68. The first kappa shape index (κ1) is 18.0. The molecule has 2 amide bonds. The molecule has 0 bridgehead atoms. The second-order valence-electron chi connectivity index (χ2n) is 7.68. The molecule has 0 aromatic heterocycles. The molecule has 2 aliphatic rings. The van der Waals surface area contributed by atoms with Gasteiger partial charge in [-0.1, -0.05) is 48.5 Å². The molecule has 5 nitrogen and oxygen atoms in total. The smallest absolute Gasteiger partial charge is 0.317 e. The van der Waals surface area contributed by atoms with Gasteiger partial charge in [0.25, 0.3) is 0 Å². The van der Waals surface area contributed by atoms with Crippen molar-refractivity contribution in [1.29, 1.82) is 0 Å². The number of amides is 2.